The number of aryl methyl sites for hydroxylation is 2. The Labute approximate surface area is 114 Å². The zero-order valence-corrected chi connectivity index (χ0v) is 12.3. The lowest BCUT2D eigenvalue weighted by Crippen LogP contribution is -2.19. The minimum Gasteiger partial charge on any atom is -0.393 e. The molecule has 2 rings (SSSR count). The third-order valence-electron chi connectivity index (χ3n) is 4.10. The second-order valence-corrected chi connectivity index (χ2v) is 6.14. The largest absolute Gasteiger partial charge is 0.393 e. The van der Waals surface area contributed by atoms with E-state index in [-0.39, 0.29) is 11.5 Å². The second-order valence-electron chi connectivity index (χ2n) is 5.76. The summed E-state index contributed by atoms with van der Waals surface area (Å²) < 4.78 is 2.02. The van der Waals surface area contributed by atoms with Crippen LogP contribution in [0.5, 0.6) is 0 Å². The minimum atomic E-state index is -0.141. The van der Waals surface area contributed by atoms with Gasteiger partial charge in [0.15, 0.2) is 0 Å². The summed E-state index contributed by atoms with van der Waals surface area (Å²) in [4.78, 5) is 0. The van der Waals surface area contributed by atoms with Crippen LogP contribution in [0.1, 0.15) is 51.4 Å². The number of hydrogen-bond donors (Lipinski definition) is 1. The second kappa shape index (κ2) is 5.22. The number of aliphatic hydroxyl groups excluding tert-OH is 1. The summed E-state index contributed by atoms with van der Waals surface area (Å²) in [5, 5.41) is 15.1. The van der Waals surface area contributed by atoms with E-state index < -0.39 is 0 Å². The van der Waals surface area contributed by atoms with Gasteiger partial charge in [-0.2, -0.15) is 5.10 Å². The van der Waals surface area contributed by atoms with Crippen molar-refractivity contribution in [1.82, 2.24) is 9.78 Å². The highest BCUT2D eigenvalue weighted by molar-refractivity contribution is 6.31. The van der Waals surface area contributed by atoms with Gasteiger partial charge in [0, 0.05) is 6.54 Å². The van der Waals surface area contributed by atoms with E-state index in [9.17, 15) is 5.11 Å². The number of rotatable bonds is 4. The molecule has 0 saturated heterocycles. The Morgan fingerprint density at radius 1 is 1.50 bits per heavy atom. The fraction of sp³-hybridized carbons (Fsp3) is 0.786. The fourth-order valence-electron chi connectivity index (χ4n) is 3.04. The molecule has 4 heteroatoms. The van der Waals surface area contributed by atoms with E-state index in [0.717, 1.165) is 55.1 Å². The first-order valence-electron chi connectivity index (χ1n) is 6.91. The van der Waals surface area contributed by atoms with E-state index in [4.69, 9.17) is 11.6 Å². The maximum atomic E-state index is 9.73. The van der Waals surface area contributed by atoms with Gasteiger partial charge < -0.3 is 5.11 Å². The summed E-state index contributed by atoms with van der Waals surface area (Å²) in [5.41, 5.74) is 2.31. The highest BCUT2D eigenvalue weighted by Crippen LogP contribution is 2.42. The normalized spacial score (nSPS) is 27.9. The predicted molar refractivity (Wildman–Crippen MR) is 74.0 cm³/mol. The first-order chi connectivity index (χ1) is 8.49. The molecule has 0 amide bonds. The van der Waals surface area contributed by atoms with Crippen LogP contribution < -0.4 is 0 Å². The standard InChI is InChI=1S/C14H23ClN2O/c1-4-11-13(15)12(17(5-2)16-11)9-14(3)7-6-10(18)8-14/h10,18H,4-9H2,1-3H3. The Bertz CT molecular complexity index is 430. The van der Waals surface area contributed by atoms with Crippen LogP contribution in [0.3, 0.4) is 0 Å². The number of hydrogen-bond acceptors (Lipinski definition) is 2. The number of aromatic nitrogens is 2. The molecule has 2 atom stereocenters. The van der Waals surface area contributed by atoms with Crippen LogP contribution in [-0.2, 0) is 19.4 Å². The summed E-state index contributed by atoms with van der Waals surface area (Å²) in [6.45, 7) is 7.28. The van der Waals surface area contributed by atoms with Crippen LogP contribution in [0.2, 0.25) is 5.02 Å². The molecule has 3 nitrogen and oxygen atoms in total. The molecule has 2 unspecified atom stereocenters. The lowest BCUT2D eigenvalue weighted by atomic mass is 9.83. The van der Waals surface area contributed by atoms with Crippen LogP contribution in [0.25, 0.3) is 0 Å². The van der Waals surface area contributed by atoms with Gasteiger partial charge in [0.05, 0.1) is 22.5 Å². The molecule has 1 aromatic heterocycles. The molecular formula is C14H23ClN2O. The number of nitrogens with zero attached hydrogens (tertiary/aromatic N) is 2. The molecule has 1 saturated carbocycles. The van der Waals surface area contributed by atoms with Crippen molar-refractivity contribution in [3.63, 3.8) is 0 Å². The molecule has 0 radical (unpaired) electrons. The van der Waals surface area contributed by atoms with Crippen molar-refractivity contribution in [2.24, 2.45) is 5.41 Å². The van der Waals surface area contributed by atoms with E-state index in [1.54, 1.807) is 0 Å². The van der Waals surface area contributed by atoms with Gasteiger partial charge in [0.1, 0.15) is 0 Å². The summed E-state index contributed by atoms with van der Waals surface area (Å²) in [7, 11) is 0. The van der Waals surface area contributed by atoms with Crippen LogP contribution in [0.15, 0.2) is 0 Å². The Balaban J connectivity index is 2.25. The van der Waals surface area contributed by atoms with E-state index in [2.05, 4.69) is 25.9 Å². The molecule has 1 fully saturated rings. The summed E-state index contributed by atoms with van der Waals surface area (Å²) in [5.74, 6) is 0. The maximum absolute atomic E-state index is 9.73. The third kappa shape index (κ3) is 2.57. The quantitative estimate of drug-likeness (QED) is 0.912. The first-order valence-corrected chi connectivity index (χ1v) is 7.29. The molecule has 1 aliphatic carbocycles. The smallest absolute Gasteiger partial charge is 0.0850 e. The average molecular weight is 271 g/mol. The summed E-state index contributed by atoms with van der Waals surface area (Å²) >= 11 is 6.44. The molecule has 18 heavy (non-hydrogen) atoms. The van der Waals surface area contributed by atoms with Gasteiger partial charge >= 0.3 is 0 Å². The lowest BCUT2D eigenvalue weighted by Gasteiger charge is -2.24. The Kier molecular flexibility index (Phi) is 4.02. The van der Waals surface area contributed by atoms with Crippen LogP contribution in [-0.4, -0.2) is 21.0 Å². The van der Waals surface area contributed by atoms with Crippen LogP contribution in [0.4, 0.5) is 0 Å². The molecule has 0 spiro atoms. The minimum absolute atomic E-state index is 0.141. The Hall–Kier alpha value is -0.540. The molecule has 0 bridgehead atoms. The van der Waals surface area contributed by atoms with Crippen LogP contribution in [0, 0.1) is 5.41 Å². The van der Waals surface area contributed by atoms with Gasteiger partial charge in [0.25, 0.3) is 0 Å². The third-order valence-corrected chi connectivity index (χ3v) is 4.53. The van der Waals surface area contributed by atoms with E-state index >= 15 is 0 Å². The van der Waals surface area contributed by atoms with Gasteiger partial charge in [-0.05, 0) is 44.4 Å². The zero-order valence-electron chi connectivity index (χ0n) is 11.5. The van der Waals surface area contributed by atoms with Crippen LogP contribution >= 0.6 is 11.6 Å². The first kappa shape index (κ1) is 13.9. The molecule has 1 aromatic rings. The van der Waals surface area contributed by atoms with E-state index in [0.29, 0.717) is 0 Å². The van der Waals surface area contributed by atoms with Crippen molar-refractivity contribution >= 4 is 11.6 Å². The van der Waals surface area contributed by atoms with Crippen molar-refractivity contribution in [3.05, 3.63) is 16.4 Å². The maximum Gasteiger partial charge on any atom is 0.0850 e. The Morgan fingerprint density at radius 2 is 2.22 bits per heavy atom. The lowest BCUT2D eigenvalue weighted by molar-refractivity contribution is 0.163. The van der Waals surface area contributed by atoms with Crippen molar-refractivity contribution < 1.29 is 5.11 Å². The molecule has 1 aliphatic rings. The van der Waals surface area contributed by atoms with Crippen molar-refractivity contribution in [1.29, 1.82) is 0 Å². The van der Waals surface area contributed by atoms with Crippen molar-refractivity contribution in [2.75, 3.05) is 0 Å². The summed E-state index contributed by atoms with van der Waals surface area (Å²) in [6, 6.07) is 0. The van der Waals surface area contributed by atoms with Gasteiger partial charge in [-0.15, -0.1) is 0 Å². The molecule has 1 heterocycles. The SMILES string of the molecule is CCc1nn(CC)c(CC2(C)CCC(O)C2)c1Cl. The highest BCUT2D eigenvalue weighted by Gasteiger charge is 2.36. The van der Waals surface area contributed by atoms with Crippen molar-refractivity contribution in [3.8, 4) is 0 Å². The van der Waals surface area contributed by atoms with E-state index in [1.807, 2.05) is 4.68 Å². The van der Waals surface area contributed by atoms with E-state index in [1.165, 1.54) is 0 Å². The average Bonchev–Trinajstić information content (AvgIpc) is 2.82. The number of halogens is 1. The summed E-state index contributed by atoms with van der Waals surface area (Å²) in [6.07, 6.45) is 4.51. The molecule has 0 aliphatic heterocycles. The highest BCUT2D eigenvalue weighted by atomic mass is 35.5. The fourth-order valence-corrected chi connectivity index (χ4v) is 3.37. The van der Waals surface area contributed by atoms with Gasteiger partial charge in [0.2, 0.25) is 0 Å². The van der Waals surface area contributed by atoms with Gasteiger partial charge in [-0.3, -0.25) is 4.68 Å². The topological polar surface area (TPSA) is 38.0 Å². The van der Waals surface area contributed by atoms with Gasteiger partial charge in [-0.25, -0.2) is 0 Å². The molecular weight excluding hydrogens is 248 g/mol. The zero-order chi connectivity index (χ0) is 13.3. The Morgan fingerprint density at radius 3 is 2.72 bits per heavy atom. The molecule has 0 aromatic carbocycles. The monoisotopic (exact) mass is 270 g/mol. The van der Waals surface area contributed by atoms with Crippen molar-refractivity contribution in [2.45, 2.75) is 65.5 Å². The molecule has 1 N–H and O–H groups in total. The van der Waals surface area contributed by atoms with Gasteiger partial charge in [-0.1, -0.05) is 25.4 Å². The number of aliphatic hydroxyl groups is 1. The predicted octanol–water partition coefficient (Wildman–Crippen LogP) is 3.21. The molecule has 102 valence electrons.